The summed E-state index contributed by atoms with van der Waals surface area (Å²) in [6.07, 6.45) is 4.45. The van der Waals surface area contributed by atoms with Crippen molar-refractivity contribution in [3.8, 4) is 0 Å². The Bertz CT molecular complexity index is 762. The van der Waals surface area contributed by atoms with E-state index in [0.29, 0.717) is 11.3 Å². The van der Waals surface area contributed by atoms with Gasteiger partial charge >= 0.3 is 5.97 Å². The van der Waals surface area contributed by atoms with E-state index < -0.39 is 28.2 Å². The normalized spacial score (nSPS) is 23.5. The largest absolute Gasteiger partial charge is 0.455 e. The Hall–Kier alpha value is -1.79. The van der Waals surface area contributed by atoms with E-state index in [9.17, 15) is 14.4 Å². The van der Waals surface area contributed by atoms with Gasteiger partial charge in [-0.05, 0) is 31.9 Å². The van der Waals surface area contributed by atoms with Crippen LogP contribution in [0.1, 0.15) is 49.4 Å². The monoisotopic (exact) mass is 412 g/mol. The second kappa shape index (κ2) is 7.68. The second-order valence-electron chi connectivity index (χ2n) is 7.34. The molecule has 0 bridgehead atoms. The van der Waals surface area contributed by atoms with Crippen LogP contribution in [0.2, 0.25) is 0 Å². The number of nitrogens with one attached hydrogen (secondary N) is 2. The Balaban J connectivity index is 1.56. The molecule has 1 atom stereocenters. The van der Waals surface area contributed by atoms with Crippen LogP contribution in [0.4, 0.5) is 5.69 Å². The molecule has 0 spiro atoms. The highest BCUT2D eigenvalue weighted by molar-refractivity contribution is 6.53. The van der Waals surface area contributed by atoms with Gasteiger partial charge in [-0.15, -0.1) is 23.2 Å². The van der Waals surface area contributed by atoms with Crippen LogP contribution >= 0.6 is 23.2 Å². The predicted octanol–water partition coefficient (Wildman–Crippen LogP) is 3.42. The number of anilines is 1. The van der Waals surface area contributed by atoms with Gasteiger partial charge in [0.05, 0.1) is 11.3 Å². The highest BCUT2D eigenvalue weighted by Gasteiger charge is 2.69. The summed E-state index contributed by atoms with van der Waals surface area (Å²) < 4.78 is 3.88. The maximum atomic E-state index is 12.5. The lowest BCUT2D eigenvalue weighted by atomic mass is 10.1. The Labute approximate surface area is 167 Å². The van der Waals surface area contributed by atoms with E-state index in [1.165, 1.54) is 0 Å². The SMILES string of the molecule is C[C@@]1(C(=O)OCC(=O)Nc2ccccc2C(=O)NC2CCCC2)CC1(Cl)Cl. The number of esters is 1. The van der Waals surface area contributed by atoms with Gasteiger partial charge in [-0.1, -0.05) is 25.0 Å². The highest BCUT2D eigenvalue weighted by Crippen LogP contribution is 2.64. The fourth-order valence-corrected chi connectivity index (χ4v) is 3.91. The molecule has 2 N–H and O–H groups in total. The summed E-state index contributed by atoms with van der Waals surface area (Å²) >= 11 is 11.9. The molecule has 0 heterocycles. The van der Waals surface area contributed by atoms with Gasteiger partial charge in [0, 0.05) is 12.5 Å². The first kappa shape index (κ1) is 20.0. The van der Waals surface area contributed by atoms with E-state index in [1.807, 2.05) is 0 Å². The minimum absolute atomic E-state index is 0.174. The van der Waals surface area contributed by atoms with Crippen LogP contribution in [0.5, 0.6) is 0 Å². The summed E-state index contributed by atoms with van der Waals surface area (Å²) in [5.41, 5.74) is -0.246. The van der Waals surface area contributed by atoms with E-state index in [2.05, 4.69) is 10.6 Å². The standard InChI is InChI=1S/C19H22Cl2N2O4/c1-18(11-19(18,20)21)17(26)27-10-15(24)23-14-9-5-4-8-13(14)16(25)22-12-6-2-3-7-12/h4-5,8-9,12H,2-3,6-7,10-11H2,1H3,(H,22,25)(H,23,24)/t18-/m0/s1. The number of benzene rings is 1. The highest BCUT2D eigenvalue weighted by atomic mass is 35.5. The zero-order valence-electron chi connectivity index (χ0n) is 15.0. The molecule has 2 aliphatic rings. The third-order valence-corrected chi connectivity index (χ3v) is 6.28. The fraction of sp³-hybridized carbons (Fsp3) is 0.526. The number of para-hydroxylation sites is 1. The van der Waals surface area contributed by atoms with E-state index in [1.54, 1.807) is 31.2 Å². The molecule has 1 aromatic rings. The Morgan fingerprint density at radius 3 is 2.44 bits per heavy atom. The summed E-state index contributed by atoms with van der Waals surface area (Å²) in [4.78, 5) is 36.7. The van der Waals surface area contributed by atoms with Crippen LogP contribution in [-0.2, 0) is 14.3 Å². The average Bonchev–Trinajstić information content (AvgIpc) is 2.97. The van der Waals surface area contributed by atoms with Gasteiger partial charge < -0.3 is 15.4 Å². The van der Waals surface area contributed by atoms with Gasteiger partial charge in [0.1, 0.15) is 9.75 Å². The van der Waals surface area contributed by atoms with Gasteiger partial charge in [-0.3, -0.25) is 14.4 Å². The van der Waals surface area contributed by atoms with Gasteiger partial charge in [0.15, 0.2) is 6.61 Å². The lowest BCUT2D eigenvalue weighted by molar-refractivity contribution is -0.152. The predicted molar refractivity (Wildman–Crippen MR) is 103 cm³/mol. The van der Waals surface area contributed by atoms with Crippen molar-refractivity contribution in [3.05, 3.63) is 29.8 Å². The summed E-state index contributed by atoms with van der Waals surface area (Å²) in [6, 6.07) is 6.90. The lowest BCUT2D eigenvalue weighted by Crippen LogP contribution is -2.33. The van der Waals surface area contributed by atoms with Crippen LogP contribution in [0.15, 0.2) is 24.3 Å². The van der Waals surface area contributed by atoms with Crippen molar-refractivity contribution in [2.45, 2.75) is 49.4 Å². The van der Waals surface area contributed by atoms with E-state index in [4.69, 9.17) is 27.9 Å². The van der Waals surface area contributed by atoms with E-state index >= 15 is 0 Å². The molecule has 146 valence electrons. The molecule has 0 saturated heterocycles. The number of amides is 2. The minimum Gasteiger partial charge on any atom is -0.455 e. The summed E-state index contributed by atoms with van der Waals surface area (Å²) in [7, 11) is 0. The third kappa shape index (κ3) is 4.38. The van der Waals surface area contributed by atoms with Crippen molar-refractivity contribution < 1.29 is 19.1 Å². The molecule has 2 fully saturated rings. The van der Waals surface area contributed by atoms with Crippen molar-refractivity contribution in [1.82, 2.24) is 5.32 Å². The molecule has 1 aromatic carbocycles. The van der Waals surface area contributed by atoms with Gasteiger partial charge in [-0.25, -0.2) is 0 Å². The topological polar surface area (TPSA) is 84.5 Å². The number of halogens is 2. The first-order chi connectivity index (χ1) is 12.7. The fourth-order valence-electron chi connectivity index (χ4n) is 3.22. The van der Waals surface area contributed by atoms with Gasteiger partial charge in [-0.2, -0.15) is 0 Å². The number of carbonyl (C=O) groups is 3. The van der Waals surface area contributed by atoms with Crippen LogP contribution < -0.4 is 10.6 Å². The number of rotatable bonds is 6. The van der Waals surface area contributed by atoms with E-state index in [0.717, 1.165) is 25.7 Å². The third-order valence-electron chi connectivity index (χ3n) is 5.18. The Morgan fingerprint density at radius 1 is 1.19 bits per heavy atom. The average molecular weight is 413 g/mol. The first-order valence-electron chi connectivity index (χ1n) is 8.98. The molecule has 27 heavy (non-hydrogen) atoms. The van der Waals surface area contributed by atoms with Crippen molar-refractivity contribution in [2.24, 2.45) is 5.41 Å². The number of carbonyl (C=O) groups excluding carboxylic acids is 3. The van der Waals surface area contributed by atoms with Crippen molar-refractivity contribution in [2.75, 3.05) is 11.9 Å². The second-order valence-corrected chi connectivity index (χ2v) is 8.82. The van der Waals surface area contributed by atoms with Crippen molar-refractivity contribution in [3.63, 3.8) is 0 Å². The lowest BCUT2D eigenvalue weighted by Gasteiger charge is -2.15. The van der Waals surface area contributed by atoms with E-state index in [-0.39, 0.29) is 18.4 Å². The number of alkyl halides is 2. The molecular weight excluding hydrogens is 391 g/mol. The smallest absolute Gasteiger partial charge is 0.315 e. The van der Waals surface area contributed by atoms with Crippen molar-refractivity contribution >= 4 is 46.7 Å². The maximum Gasteiger partial charge on any atom is 0.315 e. The number of hydrogen-bond acceptors (Lipinski definition) is 4. The van der Waals surface area contributed by atoms with Crippen LogP contribution in [0.25, 0.3) is 0 Å². The molecule has 3 rings (SSSR count). The summed E-state index contributed by atoms with van der Waals surface area (Å²) in [5, 5.41) is 5.61. The summed E-state index contributed by atoms with van der Waals surface area (Å²) in [5.74, 6) is -1.38. The molecule has 0 aliphatic heterocycles. The van der Waals surface area contributed by atoms with Gasteiger partial charge in [0.2, 0.25) is 0 Å². The summed E-state index contributed by atoms with van der Waals surface area (Å²) in [6.45, 7) is 1.12. The van der Waals surface area contributed by atoms with Crippen molar-refractivity contribution in [1.29, 1.82) is 0 Å². The molecular formula is C19H22Cl2N2O4. The molecule has 0 aromatic heterocycles. The molecule has 0 unspecified atom stereocenters. The molecule has 6 nitrogen and oxygen atoms in total. The quantitative estimate of drug-likeness (QED) is 0.553. The zero-order chi connectivity index (χ0) is 19.7. The van der Waals surface area contributed by atoms with Crippen LogP contribution in [-0.4, -0.2) is 34.8 Å². The Kier molecular flexibility index (Phi) is 5.68. The maximum absolute atomic E-state index is 12.5. The first-order valence-corrected chi connectivity index (χ1v) is 9.73. The number of ether oxygens (including phenoxy) is 1. The van der Waals surface area contributed by atoms with Crippen LogP contribution in [0.3, 0.4) is 0 Å². The zero-order valence-corrected chi connectivity index (χ0v) is 16.5. The molecule has 2 aliphatic carbocycles. The minimum atomic E-state index is -1.15. The Morgan fingerprint density at radius 2 is 1.81 bits per heavy atom. The van der Waals surface area contributed by atoms with Crippen LogP contribution in [0, 0.1) is 5.41 Å². The number of hydrogen-bond donors (Lipinski definition) is 2. The molecule has 8 heteroatoms. The molecule has 2 saturated carbocycles. The van der Waals surface area contributed by atoms with Gasteiger partial charge in [0.25, 0.3) is 11.8 Å². The molecule has 0 radical (unpaired) electrons. The molecule has 2 amide bonds.